The molecule has 3 heterocycles. The van der Waals surface area contributed by atoms with E-state index in [0.29, 0.717) is 38.5 Å². The molecule has 0 saturated carbocycles. The SMILES string of the molecule is COC(=O)c1c(C)[nH]c2c(C#N)c(=N)nc3oc4ccccc4c1c32. The third kappa shape index (κ3) is 1.94. The van der Waals surface area contributed by atoms with Crippen LogP contribution in [0.2, 0.25) is 0 Å². The minimum absolute atomic E-state index is 0.0995. The summed E-state index contributed by atoms with van der Waals surface area (Å²) < 4.78 is 10.8. The number of hydrogen-bond acceptors (Lipinski definition) is 6. The molecule has 0 unspecified atom stereocenters. The molecule has 2 N–H and O–H groups in total. The van der Waals surface area contributed by atoms with Crippen molar-refractivity contribution in [3.63, 3.8) is 0 Å². The molecule has 1 aromatic carbocycles. The minimum atomic E-state index is -0.498. The quantitative estimate of drug-likeness (QED) is 0.316. The Bertz CT molecular complexity index is 1290. The number of esters is 1. The van der Waals surface area contributed by atoms with E-state index in [-0.39, 0.29) is 16.8 Å². The highest BCUT2D eigenvalue weighted by Crippen LogP contribution is 2.35. The van der Waals surface area contributed by atoms with Crippen LogP contribution >= 0.6 is 0 Å². The molecule has 3 aromatic heterocycles. The second-order valence-corrected chi connectivity index (χ2v) is 5.59. The van der Waals surface area contributed by atoms with Crippen molar-refractivity contribution in [2.24, 2.45) is 0 Å². The fourth-order valence-corrected chi connectivity index (χ4v) is 3.16. The lowest BCUT2D eigenvalue weighted by atomic mass is 9.98. The van der Waals surface area contributed by atoms with Crippen molar-refractivity contribution in [1.29, 1.82) is 10.7 Å². The number of para-hydroxylation sites is 1. The van der Waals surface area contributed by atoms with E-state index in [0.717, 1.165) is 0 Å². The topological polar surface area (TPSA) is 116 Å². The Balaban J connectivity index is 2.44. The van der Waals surface area contributed by atoms with Crippen LogP contribution in [-0.4, -0.2) is 23.0 Å². The fraction of sp³-hybridized carbons (Fsp3) is 0.111. The normalized spacial score (nSPS) is 11.1. The lowest BCUT2D eigenvalue weighted by molar-refractivity contribution is 0.0602. The molecule has 0 amide bonds. The van der Waals surface area contributed by atoms with Crippen LogP contribution in [0, 0.1) is 23.7 Å². The maximum atomic E-state index is 12.4. The highest BCUT2D eigenvalue weighted by Gasteiger charge is 2.23. The van der Waals surface area contributed by atoms with Gasteiger partial charge in [-0.15, -0.1) is 0 Å². The number of fused-ring (bicyclic) bond motifs is 2. The molecule has 4 aromatic rings. The molecule has 0 atom stereocenters. The van der Waals surface area contributed by atoms with Gasteiger partial charge in [0.15, 0.2) is 5.49 Å². The molecule has 0 aliphatic rings. The van der Waals surface area contributed by atoms with E-state index in [9.17, 15) is 10.1 Å². The Hall–Kier alpha value is -3.66. The maximum Gasteiger partial charge on any atom is 0.340 e. The molecule has 7 heteroatoms. The van der Waals surface area contributed by atoms with E-state index in [4.69, 9.17) is 14.6 Å². The fourth-order valence-electron chi connectivity index (χ4n) is 3.16. The number of nitriles is 1. The molecule has 25 heavy (non-hydrogen) atoms. The van der Waals surface area contributed by atoms with Gasteiger partial charge < -0.3 is 14.1 Å². The number of aromatic nitrogens is 2. The Morgan fingerprint density at radius 3 is 2.84 bits per heavy atom. The number of nitrogens with one attached hydrogen (secondary N) is 2. The summed E-state index contributed by atoms with van der Waals surface area (Å²) in [5.41, 5.74) is 1.96. The smallest absolute Gasteiger partial charge is 0.340 e. The van der Waals surface area contributed by atoms with E-state index < -0.39 is 5.97 Å². The second-order valence-electron chi connectivity index (χ2n) is 5.59. The standard InChI is InChI=1S/C18H12N4O3/c1-8-12(18(23)24-2)13-9-5-3-4-6-11(9)25-17-14(13)15(21-8)10(7-19)16(20)22-17/h3-6,20-21H,1-2H3. The van der Waals surface area contributed by atoms with Gasteiger partial charge in [0.05, 0.1) is 23.6 Å². The van der Waals surface area contributed by atoms with Crippen molar-refractivity contribution >= 4 is 38.9 Å². The van der Waals surface area contributed by atoms with Crippen LogP contribution in [0.1, 0.15) is 21.6 Å². The van der Waals surface area contributed by atoms with Gasteiger partial charge in [0.2, 0.25) is 5.71 Å². The van der Waals surface area contributed by atoms with Gasteiger partial charge in [0.25, 0.3) is 0 Å². The number of pyridine rings is 2. The molecule has 0 aliphatic heterocycles. The zero-order valence-corrected chi connectivity index (χ0v) is 13.4. The van der Waals surface area contributed by atoms with Gasteiger partial charge in [-0.1, -0.05) is 18.2 Å². The summed E-state index contributed by atoms with van der Waals surface area (Å²) in [7, 11) is 1.32. The first-order valence-electron chi connectivity index (χ1n) is 7.47. The minimum Gasteiger partial charge on any atom is -0.465 e. The van der Waals surface area contributed by atoms with Gasteiger partial charge in [-0.2, -0.15) is 10.2 Å². The first kappa shape index (κ1) is 14.9. The summed E-state index contributed by atoms with van der Waals surface area (Å²) in [5.74, 6) is -0.498. The van der Waals surface area contributed by atoms with Gasteiger partial charge in [0.1, 0.15) is 17.2 Å². The van der Waals surface area contributed by atoms with E-state index in [1.807, 2.05) is 24.3 Å². The number of aromatic amines is 1. The Kier molecular flexibility index (Phi) is 3.09. The monoisotopic (exact) mass is 332 g/mol. The largest absolute Gasteiger partial charge is 0.465 e. The van der Waals surface area contributed by atoms with Gasteiger partial charge in [0, 0.05) is 16.5 Å². The van der Waals surface area contributed by atoms with E-state index in [1.54, 1.807) is 13.0 Å². The zero-order chi connectivity index (χ0) is 17.7. The first-order valence-corrected chi connectivity index (χ1v) is 7.47. The van der Waals surface area contributed by atoms with Crippen LogP contribution in [0.25, 0.3) is 33.0 Å². The number of rotatable bonds is 1. The number of benzene rings is 1. The zero-order valence-electron chi connectivity index (χ0n) is 13.4. The number of aryl methyl sites for hydroxylation is 1. The summed E-state index contributed by atoms with van der Waals surface area (Å²) in [6.07, 6.45) is 0. The highest BCUT2D eigenvalue weighted by atomic mass is 16.5. The molecule has 0 spiro atoms. The second kappa shape index (κ2) is 5.18. The Morgan fingerprint density at radius 2 is 2.12 bits per heavy atom. The van der Waals surface area contributed by atoms with Crippen molar-refractivity contribution in [2.75, 3.05) is 7.11 Å². The molecule has 7 nitrogen and oxygen atoms in total. The van der Waals surface area contributed by atoms with E-state index in [2.05, 4.69) is 9.97 Å². The molecule has 4 rings (SSSR count). The van der Waals surface area contributed by atoms with Crippen LogP contribution in [-0.2, 0) is 4.74 Å². The van der Waals surface area contributed by atoms with Gasteiger partial charge in [-0.3, -0.25) is 5.41 Å². The van der Waals surface area contributed by atoms with Crippen molar-refractivity contribution in [3.05, 3.63) is 46.6 Å². The predicted octanol–water partition coefficient (Wildman–Crippen LogP) is 2.91. The molecule has 0 radical (unpaired) electrons. The molecule has 122 valence electrons. The molecular weight excluding hydrogens is 320 g/mol. The predicted molar refractivity (Wildman–Crippen MR) is 90.0 cm³/mol. The first-order chi connectivity index (χ1) is 12.1. The van der Waals surface area contributed by atoms with E-state index >= 15 is 0 Å². The molecule has 0 bridgehead atoms. The number of methoxy groups -OCH3 is 1. The number of H-pyrrole nitrogens is 1. The van der Waals surface area contributed by atoms with Gasteiger partial charge in [-0.05, 0) is 13.0 Å². The number of ether oxygens (including phenoxy) is 1. The molecule has 0 fully saturated rings. The van der Waals surface area contributed by atoms with Gasteiger partial charge in [-0.25, -0.2) is 4.79 Å². The number of nitrogens with zero attached hydrogens (tertiary/aromatic N) is 2. The molecule has 0 aliphatic carbocycles. The number of hydrogen-bond donors (Lipinski definition) is 2. The number of carbonyl (C=O) groups is 1. The molecule has 0 saturated heterocycles. The van der Waals surface area contributed by atoms with E-state index in [1.165, 1.54) is 7.11 Å². The highest BCUT2D eigenvalue weighted by molar-refractivity contribution is 6.23. The van der Waals surface area contributed by atoms with Crippen molar-refractivity contribution in [2.45, 2.75) is 6.92 Å². The summed E-state index contributed by atoms with van der Waals surface area (Å²) in [4.78, 5) is 19.6. The maximum absolute atomic E-state index is 12.4. The Labute approximate surface area is 141 Å². The number of carbonyl (C=O) groups excluding carboxylic acids is 1. The lowest BCUT2D eigenvalue weighted by Gasteiger charge is -2.14. The summed E-state index contributed by atoms with van der Waals surface area (Å²) >= 11 is 0. The van der Waals surface area contributed by atoms with Gasteiger partial charge >= 0.3 is 5.97 Å². The Morgan fingerprint density at radius 1 is 1.36 bits per heavy atom. The van der Waals surface area contributed by atoms with Crippen molar-refractivity contribution in [1.82, 2.24) is 9.97 Å². The van der Waals surface area contributed by atoms with Crippen LogP contribution in [0.4, 0.5) is 0 Å². The van der Waals surface area contributed by atoms with Crippen LogP contribution in [0.5, 0.6) is 0 Å². The molecular formula is C18H12N4O3. The van der Waals surface area contributed by atoms with Crippen LogP contribution in [0.3, 0.4) is 0 Å². The van der Waals surface area contributed by atoms with Crippen LogP contribution in [0.15, 0.2) is 28.7 Å². The van der Waals surface area contributed by atoms with Crippen LogP contribution < -0.4 is 5.49 Å². The summed E-state index contributed by atoms with van der Waals surface area (Å²) in [6.45, 7) is 1.73. The summed E-state index contributed by atoms with van der Waals surface area (Å²) in [6, 6.07) is 9.25. The third-order valence-corrected chi connectivity index (χ3v) is 4.22. The third-order valence-electron chi connectivity index (χ3n) is 4.22. The average molecular weight is 332 g/mol. The lowest BCUT2D eigenvalue weighted by Crippen LogP contribution is -2.15. The summed E-state index contributed by atoms with van der Waals surface area (Å²) in [5, 5.41) is 19.2. The van der Waals surface area contributed by atoms with Crippen molar-refractivity contribution < 1.29 is 13.9 Å². The van der Waals surface area contributed by atoms with Crippen molar-refractivity contribution in [3.8, 4) is 6.07 Å². The average Bonchev–Trinajstić information content (AvgIpc) is 2.61.